The first-order valence-corrected chi connectivity index (χ1v) is 12.5. The monoisotopic (exact) mass is 509 g/mol. The van der Waals surface area contributed by atoms with Gasteiger partial charge in [0.15, 0.2) is 5.13 Å². The highest BCUT2D eigenvalue weighted by molar-refractivity contribution is 7.22. The number of aromatic nitrogens is 1. The Morgan fingerprint density at radius 3 is 2.14 bits per heavy atom. The average molecular weight is 510 g/mol. The molecule has 0 radical (unpaired) electrons. The molecule has 0 saturated heterocycles. The summed E-state index contributed by atoms with van der Waals surface area (Å²) < 4.78 is 6.69. The normalized spacial score (nSPS) is 11.0. The molecule has 0 spiro atoms. The molecule has 0 aliphatic rings. The van der Waals surface area contributed by atoms with Crippen LogP contribution in [0.25, 0.3) is 10.2 Å². The molecule has 0 bridgehead atoms. The van der Waals surface area contributed by atoms with Crippen molar-refractivity contribution < 1.29 is 9.53 Å². The van der Waals surface area contributed by atoms with Crippen molar-refractivity contribution in [1.29, 1.82) is 0 Å². The van der Waals surface area contributed by atoms with Gasteiger partial charge in [0, 0.05) is 6.54 Å². The van der Waals surface area contributed by atoms with Crippen LogP contribution >= 0.6 is 23.7 Å². The van der Waals surface area contributed by atoms with Crippen LogP contribution in [0.2, 0.25) is 0 Å². The second-order valence-corrected chi connectivity index (χ2v) is 9.47. The number of thiazole rings is 1. The highest BCUT2D eigenvalue weighted by Gasteiger charge is 2.30. The summed E-state index contributed by atoms with van der Waals surface area (Å²) in [5.74, 6) is 0.468. The van der Waals surface area contributed by atoms with Crippen molar-refractivity contribution in [3.63, 3.8) is 0 Å². The lowest BCUT2D eigenvalue weighted by Crippen LogP contribution is -2.37. The van der Waals surface area contributed by atoms with E-state index in [1.165, 1.54) is 0 Å². The first kappa shape index (κ1) is 26.7. The predicted octanol–water partition coefficient (Wildman–Crippen LogP) is 6.23. The molecule has 0 fully saturated rings. The topological polar surface area (TPSA) is 45.7 Å². The highest BCUT2D eigenvalue weighted by Crippen LogP contribution is 2.35. The molecular weight excluding hydrogens is 478 g/mol. The number of amides is 1. The van der Waals surface area contributed by atoms with Gasteiger partial charge in [-0.05, 0) is 63.3 Å². The molecule has 3 aromatic carbocycles. The summed E-state index contributed by atoms with van der Waals surface area (Å²) in [6, 6.07) is 25.9. The van der Waals surface area contributed by atoms with Crippen molar-refractivity contribution in [1.82, 2.24) is 9.88 Å². The van der Waals surface area contributed by atoms with E-state index in [1.807, 2.05) is 90.7 Å². The van der Waals surface area contributed by atoms with Gasteiger partial charge in [0.2, 0.25) is 5.91 Å². The lowest BCUT2D eigenvalue weighted by Gasteiger charge is -2.26. The van der Waals surface area contributed by atoms with Gasteiger partial charge in [-0.2, -0.15) is 0 Å². The van der Waals surface area contributed by atoms with Crippen LogP contribution in [0.4, 0.5) is 5.13 Å². The number of rotatable bonds is 10. The lowest BCUT2D eigenvalue weighted by atomic mass is 9.90. The maximum Gasteiger partial charge on any atom is 0.240 e. The Labute approximate surface area is 217 Å². The Bertz CT molecular complexity index is 1180. The Hall–Kier alpha value is -2.93. The highest BCUT2D eigenvalue weighted by atomic mass is 35.5. The van der Waals surface area contributed by atoms with E-state index in [4.69, 9.17) is 9.72 Å². The lowest BCUT2D eigenvalue weighted by molar-refractivity contribution is -0.119. The Morgan fingerprint density at radius 1 is 0.943 bits per heavy atom. The number of carbonyl (C=O) groups is 1. The first-order chi connectivity index (χ1) is 16.6. The second kappa shape index (κ2) is 12.7. The zero-order valence-corrected chi connectivity index (χ0v) is 22.0. The zero-order valence-electron chi connectivity index (χ0n) is 20.4. The smallest absolute Gasteiger partial charge is 0.240 e. The van der Waals surface area contributed by atoms with E-state index in [0.717, 1.165) is 45.2 Å². The fourth-order valence-electron chi connectivity index (χ4n) is 4.03. The van der Waals surface area contributed by atoms with E-state index < -0.39 is 5.92 Å². The number of halogens is 1. The molecule has 4 rings (SSSR count). The number of hydrogen-bond donors (Lipinski definition) is 0. The van der Waals surface area contributed by atoms with Gasteiger partial charge in [0.25, 0.3) is 0 Å². The SMILES string of the molecule is CCOc1ccc2nc(N(CCCN(C)C)C(=O)C(c3ccccc3)c3ccccc3)sc2c1.Cl. The third-order valence-corrected chi connectivity index (χ3v) is 6.70. The number of carbonyl (C=O) groups excluding carboxylic acids is 1. The predicted molar refractivity (Wildman–Crippen MR) is 148 cm³/mol. The number of anilines is 1. The van der Waals surface area contributed by atoms with Crippen molar-refractivity contribution in [2.24, 2.45) is 0 Å². The summed E-state index contributed by atoms with van der Waals surface area (Å²) in [5, 5.41) is 0.726. The molecule has 1 heterocycles. The van der Waals surface area contributed by atoms with Crippen molar-refractivity contribution in [2.75, 3.05) is 38.7 Å². The van der Waals surface area contributed by atoms with Crippen molar-refractivity contribution in [3.05, 3.63) is 90.0 Å². The number of benzene rings is 3. The van der Waals surface area contributed by atoms with Gasteiger partial charge in [-0.15, -0.1) is 12.4 Å². The van der Waals surface area contributed by atoms with E-state index in [2.05, 4.69) is 19.0 Å². The molecule has 35 heavy (non-hydrogen) atoms. The second-order valence-electron chi connectivity index (χ2n) is 8.46. The van der Waals surface area contributed by atoms with Gasteiger partial charge in [0.1, 0.15) is 5.75 Å². The maximum atomic E-state index is 14.2. The quantitative estimate of drug-likeness (QED) is 0.254. The molecule has 0 aliphatic carbocycles. The number of hydrogen-bond acceptors (Lipinski definition) is 5. The van der Waals surface area contributed by atoms with E-state index in [0.29, 0.717) is 13.2 Å². The van der Waals surface area contributed by atoms with Crippen LogP contribution in [0, 0.1) is 0 Å². The molecule has 5 nitrogen and oxygen atoms in total. The van der Waals surface area contributed by atoms with Crippen LogP contribution < -0.4 is 9.64 Å². The first-order valence-electron chi connectivity index (χ1n) is 11.7. The number of nitrogens with zero attached hydrogens (tertiary/aromatic N) is 3. The molecule has 1 aromatic heterocycles. The van der Waals surface area contributed by atoms with Gasteiger partial charge >= 0.3 is 0 Å². The third-order valence-electron chi connectivity index (χ3n) is 5.66. The minimum atomic E-state index is -0.396. The van der Waals surface area contributed by atoms with E-state index in [1.54, 1.807) is 11.3 Å². The molecule has 4 aromatic rings. The molecule has 1 amide bonds. The molecule has 184 valence electrons. The summed E-state index contributed by atoms with van der Waals surface area (Å²) in [6.45, 7) is 4.08. The number of ether oxygens (including phenoxy) is 1. The molecular formula is C28H32ClN3O2S. The molecule has 0 atom stereocenters. The Morgan fingerprint density at radius 2 is 1.57 bits per heavy atom. The number of fused-ring (bicyclic) bond motifs is 1. The van der Waals surface area contributed by atoms with Crippen LogP contribution in [-0.2, 0) is 4.79 Å². The Balaban J connectivity index is 0.00000342. The van der Waals surface area contributed by atoms with Gasteiger partial charge in [0.05, 0.1) is 22.7 Å². The molecule has 0 unspecified atom stereocenters. The van der Waals surface area contributed by atoms with E-state index in [9.17, 15) is 4.79 Å². The summed E-state index contributed by atoms with van der Waals surface area (Å²) >= 11 is 1.54. The average Bonchev–Trinajstić information content (AvgIpc) is 3.26. The third kappa shape index (κ3) is 6.60. The minimum Gasteiger partial charge on any atom is -0.494 e. The summed E-state index contributed by atoms with van der Waals surface area (Å²) in [5.41, 5.74) is 2.84. The molecule has 0 N–H and O–H groups in total. The van der Waals surface area contributed by atoms with Gasteiger partial charge in [-0.25, -0.2) is 4.98 Å². The fourth-order valence-corrected chi connectivity index (χ4v) is 5.06. The standard InChI is InChI=1S/C28H31N3O2S.ClH/c1-4-33-23-16-17-24-25(20-23)34-28(29-24)31(19-11-18-30(2)3)27(32)26(21-12-7-5-8-13-21)22-14-9-6-10-15-22;/h5-10,12-17,20,26H,4,11,18-19H2,1-3H3;1H. The van der Waals surface area contributed by atoms with Crippen LogP contribution in [0.5, 0.6) is 5.75 Å². The van der Waals surface area contributed by atoms with Gasteiger partial charge in [-0.1, -0.05) is 72.0 Å². The minimum absolute atomic E-state index is 0. The van der Waals surface area contributed by atoms with Crippen molar-refractivity contribution in [2.45, 2.75) is 19.3 Å². The largest absolute Gasteiger partial charge is 0.494 e. The van der Waals surface area contributed by atoms with E-state index >= 15 is 0 Å². The zero-order chi connectivity index (χ0) is 23.9. The Kier molecular flexibility index (Phi) is 9.66. The fraction of sp³-hybridized carbons (Fsp3) is 0.286. The van der Waals surface area contributed by atoms with Crippen LogP contribution in [0.1, 0.15) is 30.4 Å². The maximum absolute atomic E-state index is 14.2. The van der Waals surface area contributed by atoms with Gasteiger partial charge < -0.3 is 9.64 Å². The molecule has 7 heteroatoms. The van der Waals surface area contributed by atoms with Crippen LogP contribution in [0.3, 0.4) is 0 Å². The van der Waals surface area contributed by atoms with Gasteiger partial charge in [-0.3, -0.25) is 9.69 Å². The van der Waals surface area contributed by atoms with Crippen LogP contribution in [-0.4, -0.2) is 49.6 Å². The summed E-state index contributed by atoms with van der Waals surface area (Å²) in [4.78, 5) is 23.1. The molecule has 0 saturated carbocycles. The molecule has 0 aliphatic heterocycles. The van der Waals surface area contributed by atoms with Crippen molar-refractivity contribution >= 4 is 45.0 Å². The van der Waals surface area contributed by atoms with Crippen LogP contribution in [0.15, 0.2) is 78.9 Å². The summed E-state index contributed by atoms with van der Waals surface area (Å²) in [6.07, 6.45) is 0.856. The summed E-state index contributed by atoms with van der Waals surface area (Å²) in [7, 11) is 4.10. The van der Waals surface area contributed by atoms with E-state index in [-0.39, 0.29) is 18.3 Å². The van der Waals surface area contributed by atoms with Crippen molar-refractivity contribution in [3.8, 4) is 5.75 Å².